The van der Waals surface area contributed by atoms with Crippen LogP contribution in [0.5, 0.6) is 5.75 Å². The Kier molecular flexibility index (Phi) is 4.57. The Morgan fingerprint density at radius 1 is 1.21 bits per heavy atom. The van der Waals surface area contributed by atoms with Gasteiger partial charge in [-0.15, -0.1) is 0 Å². The van der Waals surface area contributed by atoms with E-state index >= 15 is 0 Å². The number of ether oxygens (including phenoxy) is 1. The molecule has 0 aliphatic carbocycles. The Hall–Kier alpha value is -2.89. The Morgan fingerprint density at radius 2 is 1.96 bits per heavy atom. The fourth-order valence-electron chi connectivity index (χ4n) is 3.66. The predicted molar refractivity (Wildman–Crippen MR) is 111 cm³/mol. The van der Waals surface area contributed by atoms with Crippen molar-refractivity contribution in [3.8, 4) is 17.0 Å². The highest BCUT2D eigenvalue weighted by molar-refractivity contribution is 6.08. The molecule has 0 unspecified atom stereocenters. The van der Waals surface area contributed by atoms with Gasteiger partial charge in [-0.1, -0.05) is 20.8 Å². The number of nitrogens with zero attached hydrogens (tertiary/aromatic N) is 3. The highest BCUT2D eigenvalue weighted by Crippen LogP contribution is 2.35. The fraction of sp³-hybridized carbons (Fsp3) is 0.409. The first-order valence-corrected chi connectivity index (χ1v) is 9.71. The number of anilines is 1. The second kappa shape index (κ2) is 6.93. The van der Waals surface area contributed by atoms with Crippen molar-refractivity contribution < 1.29 is 9.53 Å². The van der Waals surface area contributed by atoms with E-state index in [1.54, 1.807) is 19.5 Å². The number of carbonyl (C=O) groups is 1. The number of rotatable bonds is 4. The Morgan fingerprint density at radius 3 is 2.64 bits per heavy atom. The Balaban J connectivity index is 1.79. The summed E-state index contributed by atoms with van der Waals surface area (Å²) in [7, 11) is 1.70. The molecule has 1 aliphatic rings. The van der Waals surface area contributed by atoms with Gasteiger partial charge in [0.15, 0.2) is 11.4 Å². The van der Waals surface area contributed by atoms with Gasteiger partial charge in [0.05, 0.1) is 30.3 Å². The lowest BCUT2D eigenvalue weighted by molar-refractivity contribution is 0.0860. The molecular weight excluding hydrogens is 352 g/mol. The van der Waals surface area contributed by atoms with Crippen molar-refractivity contribution in [2.24, 2.45) is 5.41 Å². The van der Waals surface area contributed by atoms with Crippen LogP contribution in [0, 0.1) is 5.41 Å². The standard InChI is InChI=1S/C22H26N4O2/c1-22(2,3)20(27)15-12-23-21-19(15)25-16(13-24-21)14-7-8-18(28-4)17(11-14)26-9-5-6-10-26/h7-8,11-13H,5-6,9-10H2,1-4H3,(H,23,24). The quantitative estimate of drug-likeness (QED) is 0.679. The maximum absolute atomic E-state index is 12.8. The average molecular weight is 378 g/mol. The molecule has 146 valence electrons. The van der Waals surface area contributed by atoms with E-state index in [4.69, 9.17) is 9.72 Å². The van der Waals surface area contributed by atoms with Crippen LogP contribution in [0.15, 0.2) is 30.6 Å². The third kappa shape index (κ3) is 3.23. The molecule has 1 saturated heterocycles. The lowest BCUT2D eigenvalue weighted by Gasteiger charge is -2.21. The molecule has 0 saturated carbocycles. The minimum atomic E-state index is -0.476. The zero-order valence-corrected chi connectivity index (χ0v) is 16.9. The molecule has 0 bridgehead atoms. The molecule has 0 spiro atoms. The lowest BCUT2D eigenvalue weighted by atomic mass is 9.87. The minimum Gasteiger partial charge on any atom is -0.495 e. The molecule has 0 atom stereocenters. The van der Waals surface area contributed by atoms with Crippen LogP contribution in [0.4, 0.5) is 5.69 Å². The molecule has 6 nitrogen and oxygen atoms in total. The second-order valence-corrected chi connectivity index (χ2v) is 8.31. The van der Waals surface area contributed by atoms with Crippen LogP contribution >= 0.6 is 0 Å². The number of hydrogen-bond donors (Lipinski definition) is 1. The maximum Gasteiger partial charge on any atom is 0.171 e. The van der Waals surface area contributed by atoms with E-state index in [-0.39, 0.29) is 5.78 Å². The summed E-state index contributed by atoms with van der Waals surface area (Å²) in [4.78, 5) is 27.5. The minimum absolute atomic E-state index is 0.0534. The van der Waals surface area contributed by atoms with Crippen molar-refractivity contribution in [2.75, 3.05) is 25.1 Å². The topological polar surface area (TPSA) is 71.1 Å². The largest absolute Gasteiger partial charge is 0.495 e. The van der Waals surface area contributed by atoms with Gasteiger partial charge in [0, 0.05) is 30.3 Å². The first-order chi connectivity index (χ1) is 13.4. The van der Waals surface area contributed by atoms with Gasteiger partial charge in [-0.3, -0.25) is 4.79 Å². The molecule has 1 fully saturated rings. The van der Waals surface area contributed by atoms with Crippen LogP contribution in [-0.2, 0) is 0 Å². The van der Waals surface area contributed by atoms with Crippen molar-refractivity contribution in [1.29, 1.82) is 0 Å². The van der Waals surface area contributed by atoms with Gasteiger partial charge in [-0.2, -0.15) is 0 Å². The molecule has 2 aromatic heterocycles. The van der Waals surface area contributed by atoms with Crippen LogP contribution in [0.25, 0.3) is 22.4 Å². The maximum atomic E-state index is 12.8. The zero-order valence-electron chi connectivity index (χ0n) is 16.9. The SMILES string of the molecule is COc1ccc(-c2cnc3[nH]cc(C(=O)C(C)(C)C)c3n2)cc1N1CCCC1. The van der Waals surface area contributed by atoms with Gasteiger partial charge in [-0.05, 0) is 31.0 Å². The number of benzene rings is 1. The number of ketones is 1. The molecule has 0 radical (unpaired) electrons. The van der Waals surface area contributed by atoms with Gasteiger partial charge in [0.25, 0.3) is 0 Å². The Labute approximate surface area is 164 Å². The van der Waals surface area contributed by atoms with Crippen LogP contribution in [0.2, 0.25) is 0 Å². The van der Waals surface area contributed by atoms with Crippen molar-refractivity contribution in [3.63, 3.8) is 0 Å². The third-order valence-corrected chi connectivity index (χ3v) is 5.23. The molecular formula is C22H26N4O2. The monoisotopic (exact) mass is 378 g/mol. The molecule has 3 aromatic rings. The summed E-state index contributed by atoms with van der Waals surface area (Å²) in [6, 6.07) is 6.08. The molecule has 1 aromatic carbocycles. The summed E-state index contributed by atoms with van der Waals surface area (Å²) in [5.41, 5.74) is 4.16. The Bertz CT molecular complexity index is 1030. The first-order valence-electron chi connectivity index (χ1n) is 9.71. The van der Waals surface area contributed by atoms with E-state index < -0.39 is 5.41 Å². The van der Waals surface area contributed by atoms with Crippen LogP contribution in [0.1, 0.15) is 44.0 Å². The van der Waals surface area contributed by atoms with Crippen molar-refractivity contribution in [1.82, 2.24) is 15.0 Å². The summed E-state index contributed by atoms with van der Waals surface area (Å²) in [5, 5.41) is 0. The highest BCUT2D eigenvalue weighted by Gasteiger charge is 2.26. The van der Waals surface area contributed by atoms with Crippen molar-refractivity contribution in [2.45, 2.75) is 33.6 Å². The van der Waals surface area contributed by atoms with Crippen LogP contribution in [0.3, 0.4) is 0 Å². The number of fused-ring (bicyclic) bond motifs is 1. The number of carbonyl (C=O) groups excluding carboxylic acids is 1. The number of aromatic nitrogens is 3. The molecule has 0 amide bonds. The van der Waals surface area contributed by atoms with Gasteiger partial charge < -0.3 is 14.6 Å². The van der Waals surface area contributed by atoms with Crippen molar-refractivity contribution in [3.05, 3.63) is 36.2 Å². The summed E-state index contributed by atoms with van der Waals surface area (Å²) in [6.45, 7) is 7.81. The number of methoxy groups -OCH3 is 1. The van der Waals surface area contributed by atoms with E-state index in [9.17, 15) is 4.79 Å². The van der Waals surface area contributed by atoms with Crippen LogP contribution in [-0.4, -0.2) is 40.9 Å². The zero-order chi connectivity index (χ0) is 19.9. The highest BCUT2D eigenvalue weighted by atomic mass is 16.5. The van der Waals surface area contributed by atoms with Gasteiger partial charge >= 0.3 is 0 Å². The van der Waals surface area contributed by atoms with E-state index in [2.05, 4.69) is 20.9 Å². The third-order valence-electron chi connectivity index (χ3n) is 5.23. The molecule has 28 heavy (non-hydrogen) atoms. The summed E-state index contributed by atoms with van der Waals surface area (Å²) in [5.74, 6) is 0.919. The lowest BCUT2D eigenvalue weighted by Crippen LogP contribution is -2.20. The van der Waals surface area contributed by atoms with Gasteiger partial charge in [0.1, 0.15) is 11.3 Å². The molecule has 4 rings (SSSR count). The average Bonchev–Trinajstić information content (AvgIpc) is 3.35. The number of nitrogens with one attached hydrogen (secondary N) is 1. The second-order valence-electron chi connectivity index (χ2n) is 8.31. The van der Waals surface area contributed by atoms with Gasteiger partial charge in [-0.25, -0.2) is 9.97 Å². The van der Waals surface area contributed by atoms with Crippen molar-refractivity contribution >= 4 is 22.6 Å². The predicted octanol–water partition coefficient (Wildman–Crippen LogP) is 4.46. The fourth-order valence-corrected chi connectivity index (χ4v) is 3.66. The number of H-pyrrole nitrogens is 1. The summed E-state index contributed by atoms with van der Waals surface area (Å²) in [6.07, 6.45) is 5.85. The number of Topliss-reactive ketones (excluding diaryl/α,β-unsaturated/α-hetero) is 1. The first kappa shape index (κ1) is 18.5. The van der Waals surface area contributed by atoms with Crippen LogP contribution < -0.4 is 9.64 Å². The molecule has 3 heterocycles. The summed E-state index contributed by atoms with van der Waals surface area (Å²) < 4.78 is 5.57. The van der Waals surface area contributed by atoms with E-state index in [0.717, 1.165) is 35.8 Å². The molecule has 1 N–H and O–H groups in total. The van der Waals surface area contributed by atoms with E-state index in [1.807, 2.05) is 32.9 Å². The summed E-state index contributed by atoms with van der Waals surface area (Å²) >= 11 is 0. The smallest absolute Gasteiger partial charge is 0.171 e. The van der Waals surface area contributed by atoms with E-state index in [1.165, 1.54) is 12.8 Å². The molecule has 1 aliphatic heterocycles. The number of aromatic amines is 1. The van der Waals surface area contributed by atoms with Gasteiger partial charge in [0.2, 0.25) is 0 Å². The normalized spacial score (nSPS) is 14.6. The van der Waals surface area contributed by atoms with E-state index in [0.29, 0.717) is 16.7 Å². The number of hydrogen-bond acceptors (Lipinski definition) is 5. The molecule has 6 heteroatoms.